The monoisotopic (exact) mass is 208 g/mol. The van der Waals surface area contributed by atoms with Crippen LogP contribution in [0.4, 0.5) is 0 Å². The molecule has 0 aliphatic carbocycles. The second-order valence-corrected chi connectivity index (χ2v) is 3.53. The summed E-state index contributed by atoms with van der Waals surface area (Å²) in [6, 6.07) is 4.56. The van der Waals surface area contributed by atoms with Gasteiger partial charge in [0.05, 0.1) is 0 Å². The average molecular weight is 208 g/mol. The van der Waals surface area contributed by atoms with Gasteiger partial charge in [-0.25, -0.2) is 0 Å². The van der Waals surface area contributed by atoms with E-state index in [-0.39, 0.29) is 0 Å². The minimum Gasteiger partial charge on any atom is -0.385 e. The first-order valence-corrected chi connectivity index (χ1v) is 5.50. The molecule has 0 bridgehead atoms. The second kappa shape index (κ2) is 7.37. The van der Waals surface area contributed by atoms with Gasteiger partial charge in [0.25, 0.3) is 0 Å². The third kappa shape index (κ3) is 4.40. The molecule has 1 aromatic heterocycles. The van der Waals surface area contributed by atoms with Crippen molar-refractivity contribution in [3.8, 4) is 0 Å². The number of nitrogens with zero attached hydrogens (tertiary/aromatic N) is 1. The van der Waals surface area contributed by atoms with Crippen molar-refractivity contribution in [3.05, 3.63) is 30.1 Å². The van der Waals surface area contributed by atoms with Crippen LogP contribution in [0, 0.1) is 0 Å². The molecule has 1 aromatic rings. The summed E-state index contributed by atoms with van der Waals surface area (Å²) in [5.74, 6) is 0. The first-order valence-electron chi connectivity index (χ1n) is 5.50. The molecule has 3 heteroatoms. The van der Waals surface area contributed by atoms with Gasteiger partial charge in [-0.2, -0.15) is 0 Å². The smallest absolute Gasteiger partial charge is 0.0462 e. The molecule has 0 fully saturated rings. The number of methoxy groups -OCH3 is 1. The molecule has 0 saturated carbocycles. The Morgan fingerprint density at radius 3 is 2.73 bits per heavy atom. The van der Waals surface area contributed by atoms with Crippen LogP contribution in [0.1, 0.15) is 31.4 Å². The molecule has 0 aliphatic heterocycles. The van der Waals surface area contributed by atoms with Gasteiger partial charge in [-0.05, 0) is 37.1 Å². The number of rotatable bonds is 7. The maximum absolute atomic E-state index is 5.07. The number of hydrogen-bond donors (Lipinski definition) is 1. The molecule has 0 aromatic carbocycles. The molecular weight excluding hydrogens is 188 g/mol. The summed E-state index contributed by atoms with van der Waals surface area (Å²) < 4.78 is 5.07. The summed E-state index contributed by atoms with van der Waals surface area (Å²) in [4.78, 5) is 4.03. The van der Waals surface area contributed by atoms with E-state index >= 15 is 0 Å². The zero-order chi connectivity index (χ0) is 10.9. The number of pyridine rings is 1. The van der Waals surface area contributed by atoms with Crippen molar-refractivity contribution in [2.24, 2.45) is 0 Å². The zero-order valence-corrected chi connectivity index (χ0v) is 9.57. The maximum Gasteiger partial charge on any atom is 0.0462 e. The van der Waals surface area contributed by atoms with Crippen LogP contribution in [0.5, 0.6) is 0 Å². The van der Waals surface area contributed by atoms with Crippen molar-refractivity contribution < 1.29 is 4.74 Å². The topological polar surface area (TPSA) is 34.1 Å². The van der Waals surface area contributed by atoms with Gasteiger partial charge in [0.15, 0.2) is 0 Å². The van der Waals surface area contributed by atoms with E-state index < -0.39 is 0 Å². The number of nitrogens with one attached hydrogen (secondary N) is 1. The van der Waals surface area contributed by atoms with Crippen LogP contribution < -0.4 is 5.32 Å². The molecule has 1 N–H and O–H groups in total. The normalized spacial score (nSPS) is 12.7. The first kappa shape index (κ1) is 12.1. The van der Waals surface area contributed by atoms with Crippen LogP contribution in [0.15, 0.2) is 24.5 Å². The standard InChI is InChI=1S/C12H20N2O/c1-3-14-12(5-4-10-15-2)11-6-8-13-9-7-11/h6-9,12,14H,3-5,10H2,1-2H3. The number of ether oxygens (including phenoxy) is 1. The van der Waals surface area contributed by atoms with Gasteiger partial charge in [-0.3, -0.25) is 4.98 Å². The molecule has 1 unspecified atom stereocenters. The van der Waals surface area contributed by atoms with Crippen LogP contribution in [-0.2, 0) is 4.74 Å². The quantitative estimate of drug-likeness (QED) is 0.697. The van der Waals surface area contributed by atoms with Crippen molar-refractivity contribution in [1.29, 1.82) is 0 Å². The van der Waals surface area contributed by atoms with Crippen molar-refractivity contribution in [2.75, 3.05) is 20.3 Å². The van der Waals surface area contributed by atoms with Crippen molar-refractivity contribution in [2.45, 2.75) is 25.8 Å². The third-order valence-corrected chi connectivity index (χ3v) is 2.40. The molecular formula is C12H20N2O. The van der Waals surface area contributed by atoms with E-state index in [0.29, 0.717) is 6.04 Å². The highest BCUT2D eigenvalue weighted by Crippen LogP contribution is 2.17. The summed E-state index contributed by atoms with van der Waals surface area (Å²) >= 11 is 0. The summed E-state index contributed by atoms with van der Waals surface area (Å²) in [7, 11) is 1.74. The fourth-order valence-corrected chi connectivity index (χ4v) is 1.66. The van der Waals surface area contributed by atoms with Crippen LogP contribution in [-0.4, -0.2) is 25.2 Å². The summed E-state index contributed by atoms with van der Waals surface area (Å²) in [6.07, 6.45) is 5.87. The van der Waals surface area contributed by atoms with Gasteiger partial charge >= 0.3 is 0 Å². The van der Waals surface area contributed by atoms with E-state index in [2.05, 4.69) is 29.4 Å². The second-order valence-electron chi connectivity index (χ2n) is 3.53. The largest absolute Gasteiger partial charge is 0.385 e. The molecule has 0 spiro atoms. The van der Waals surface area contributed by atoms with Gasteiger partial charge in [0.2, 0.25) is 0 Å². The summed E-state index contributed by atoms with van der Waals surface area (Å²) in [6.45, 7) is 3.94. The Labute approximate surface area is 91.9 Å². The van der Waals surface area contributed by atoms with E-state index in [1.807, 2.05) is 12.4 Å². The Bertz CT molecular complexity index is 251. The molecule has 84 valence electrons. The van der Waals surface area contributed by atoms with Crippen LogP contribution in [0.2, 0.25) is 0 Å². The number of aromatic nitrogens is 1. The molecule has 0 saturated heterocycles. The van der Waals surface area contributed by atoms with Crippen LogP contribution in [0.25, 0.3) is 0 Å². The highest BCUT2D eigenvalue weighted by atomic mass is 16.5. The van der Waals surface area contributed by atoms with Gasteiger partial charge in [0, 0.05) is 32.2 Å². The molecule has 1 rings (SSSR count). The van der Waals surface area contributed by atoms with Gasteiger partial charge in [-0.1, -0.05) is 6.92 Å². The fourth-order valence-electron chi connectivity index (χ4n) is 1.66. The van der Waals surface area contributed by atoms with E-state index in [0.717, 1.165) is 26.0 Å². The summed E-state index contributed by atoms with van der Waals surface area (Å²) in [5, 5.41) is 3.47. The van der Waals surface area contributed by atoms with Crippen LogP contribution in [0.3, 0.4) is 0 Å². The van der Waals surface area contributed by atoms with E-state index in [1.165, 1.54) is 5.56 Å². The average Bonchev–Trinajstić information content (AvgIpc) is 2.29. The predicted molar refractivity (Wildman–Crippen MR) is 61.8 cm³/mol. The lowest BCUT2D eigenvalue weighted by atomic mass is 10.0. The SMILES string of the molecule is CCNC(CCCOC)c1ccncc1. The van der Waals surface area contributed by atoms with Gasteiger partial charge in [-0.15, -0.1) is 0 Å². The van der Waals surface area contributed by atoms with Gasteiger partial charge in [0.1, 0.15) is 0 Å². The Hall–Kier alpha value is -0.930. The maximum atomic E-state index is 5.07. The lowest BCUT2D eigenvalue weighted by Crippen LogP contribution is -2.21. The summed E-state index contributed by atoms with van der Waals surface area (Å²) in [5.41, 5.74) is 1.31. The number of hydrogen-bond acceptors (Lipinski definition) is 3. The van der Waals surface area contributed by atoms with E-state index in [4.69, 9.17) is 4.74 Å². The van der Waals surface area contributed by atoms with E-state index in [9.17, 15) is 0 Å². The lowest BCUT2D eigenvalue weighted by molar-refractivity contribution is 0.189. The van der Waals surface area contributed by atoms with Crippen molar-refractivity contribution in [1.82, 2.24) is 10.3 Å². The molecule has 3 nitrogen and oxygen atoms in total. The Morgan fingerprint density at radius 1 is 1.40 bits per heavy atom. The molecule has 1 heterocycles. The Morgan fingerprint density at radius 2 is 2.13 bits per heavy atom. The molecule has 0 aliphatic rings. The molecule has 0 amide bonds. The minimum atomic E-state index is 0.424. The van der Waals surface area contributed by atoms with Gasteiger partial charge < -0.3 is 10.1 Å². The molecule has 0 radical (unpaired) electrons. The van der Waals surface area contributed by atoms with Crippen molar-refractivity contribution >= 4 is 0 Å². The lowest BCUT2D eigenvalue weighted by Gasteiger charge is -2.17. The predicted octanol–water partition coefficient (Wildman–Crippen LogP) is 2.16. The highest BCUT2D eigenvalue weighted by molar-refractivity contribution is 5.14. The third-order valence-electron chi connectivity index (χ3n) is 2.40. The van der Waals surface area contributed by atoms with Crippen molar-refractivity contribution in [3.63, 3.8) is 0 Å². The Kier molecular flexibility index (Phi) is 5.97. The van der Waals surface area contributed by atoms with Crippen LogP contribution >= 0.6 is 0 Å². The first-order chi connectivity index (χ1) is 7.38. The van der Waals surface area contributed by atoms with E-state index in [1.54, 1.807) is 7.11 Å². The fraction of sp³-hybridized carbons (Fsp3) is 0.583. The minimum absolute atomic E-state index is 0.424. The highest BCUT2D eigenvalue weighted by Gasteiger charge is 2.08. The zero-order valence-electron chi connectivity index (χ0n) is 9.57. The molecule has 1 atom stereocenters. The Balaban J connectivity index is 2.50. The molecule has 15 heavy (non-hydrogen) atoms.